The number of carbonyl (C=O) groups excluding carboxylic acids is 2. The summed E-state index contributed by atoms with van der Waals surface area (Å²) in [5, 5.41) is 38.2. The fraction of sp³-hybridized carbons (Fsp3) is 0.333. The molecule has 2 amide bonds. The Balaban J connectivity index is 0.844. The van der Waals surface area contributed by atoms with Crippen LogP contribution in [0, 0.1) is 12.8 Å². The number of nitrogens with zero attached hydrogens (tertiary/aromatic N) is 8. The summed E-state index contributed by atoms with van der Waals surface area (Å²) in [6, 6.07) is 19.9. The van der Waals surface area contributed by atoms with Crippen LogP contribution < -0.4 is 10.2 Å². The van der Waals surface area contributed by atoms with Crippen LogP contribution in [0.3, 0.4) is 0 Å². The molecule has 0 spiro atoms. The number of aromatic hydroxyl groups is 1. The number of anilines is 1. The molecule has 3 N–H and O–H groups in total. The number of carbonyl (C=O) groups is 2. The lowest BCUT2D eigenvalue weighted by Crippen LogP contribution is -2.48. The van der Waals surface area contributed by atoms with E-state index in [4.69, 9.17) is 14.5 Å². The van der Waals surface area contributed by atoms with Gasteiger partial charge in [-0.05, 0) is 61.6 Å². The summed E-state index contributed by atoms with van der Waals surface area (Å²) in [7, 11) is 0. The highest BCUT2D eigenvalue weighted by molar-refractivity contribution is 7.18. The van der Waals surface area contributed by atoms with Gasteiger partial charge in [0.1, 0.15) is 34.0 Å². The number of phenols is 1. The van der Waals surface area contributed by atoms with Crippen molar-refractivity contribution in [3.8, 4) is 38.7 Å². The zero-order valence-electron chi connectivity index (χ0n) is 34.1. The Morgan fingerprint density at radius 3 is 2.46 bits per heavy atom. The number of likely N-dealkylation sites (tertiary alicyclic amines) is 1. The summed E-state index contributed by atoms with van der Waals surface area (Å²) in [5.41, 5.74) is 7.22. The highest BCUT2D eigenvalue weighted by Gasteiger charge is 2.43. The predicted molar refractivity (Wildman–Crippen MR) is 234 cm³/mol. The van der Waals surface area contributed by atoms with E-state index in [-0.39, 0.29) is 48.4 Å². The van der Waals surface area contributed by atoms with Gasteiger partial charge in [-0.25, -0.2) is 15.0 Å². The smallest absolute Gasteiger partial charge is 0.243 e. The number of thiophene rings is 1. The zero-order valence-corrected chi connectivity index (χ0v) is 35.7. The molecule has 2 fully saturated rings. The van der Waals surface area contributed by atoms with E-state index in [1.807, 2.05) is 75.7 Å². The first-order valence-corrected chi connectivity index (χ1v) is 22.1. The first kappa shape index (κ1) is 40.3. The Morgan fingerprint density at radius 1 is 0.934 bits per heavy atom. The molecule has 312 valence electrons. The molecule has 2 aromatic carbocycles. The maximum Gasteiger partial charge on any atom is 0.243 e. The van der Waals surface area contributed by atoms with E-state index in [9.17, 15) is 19.8 Å². The summed E-state index contributed by atoms with van der Waals surface area (Å²) < 4.78 is 5.82. The molecule has 9 rings (SSSR count). The van der Waals surface area contributed by atoms with E-state index in [2.05, 4.69) is 36.6 Å². The fourth-order valence-electron chi connectivity index (χ4n) is 8.37. The summed E-state index contributed by atoms with van der Waals surface area (Å²) in [4.78, 5) is 48.6. The molecule has 0 radical (unpaired) electrons. The molecule has 0 aliphatic carbocycles. The number of benzene rings is 2. The van der Waals surface area contributed by atoms with Gasteiger partial charge in [0.05, 0.1) is 33.9 Å². The lowest BCUT2D eigenvalue weighted by Gasteiger charge is -2.29. The van der Waals surface area contributed by atoms with Gasteiger partial charge < -0.3 is 29.9 Å². The van der Waals surface area contributed by atoms with Crippen molar-refractivity contribution in [3.05, 3.63) is 107 Å². The number of fused-ring (bicyclic) bond motifs is 1. The van der Waals surface area contributed by atoms with Crippen LogP contribution in [0.1, 0.15) is 73.4 Å². The Hall–Kier alpha value is -6.10. The third-order valence-electron chi connectivity index (χ3n) is 11.7. The first-order chi connectivity index (χ1) is 29.5. The van der Waals surface area contributed by atoms with Gasteiger partial charge in [0.25, 0.3) is 0 Å². The number of aliphatic hydroxyl groups is 1. The molecule has 5 atom stereocenters. The number of thiazole rings is 1. The number of β-amino-alcohol motifs (C(OH)–C–C–N with tert-alkyl or cyclic N) is 1. The largest absolute Gasteiger partial charge is 0.507 e. The van der Waals surface area contributed by atoms with Crippen LogP contribution in [0.5, 0.6) is 5.75 Å². The van der Waals surface area contributed by atoms with E-state index in [0.717, 1.165) is 51.4 Å². The van der Waals surface area contributed by atoms with Crippen molar-refractivity contribution in [3.63, 3.8) is 0 Å². The summed E-state index contributed by atoms with van der Waals surface area (Å²) in [6.07, 6.45) is 3.67. The molecule has 7 heterocycles. The van der Waals surface area contributed by atoms with Crippen LogP contribution in [0.25, 0.3) is 43.2 Å². The maximum atomic E-state index is 14.3. The lowest BCUT2D eigenvalue weighted by molar-refractivity contribution is -0.141. The normalized spacial score (nSPS) is 18.9. The molecule has 0 unspecified atom stereocenters. The van der Waals surface area contributed by atoms with Crippen molar-refractivity contribution in [2.45, 2.75) is 70.6 Å². The van der Waals surface area contributed by atoms with Gasteiger partial charge in [0.2, 0.25) is 17.8 Å². The van der Waals surface area contributed by atoms with E-state index in [1.165, 1.54) is 9.78 Å². The van der Waals surface area contributed by atoms with E-state index >= 15 is 0 Å². The molecule has 2 aliphatic heterocycles. The highest BCUT2D eigenvalue weighted by Crippen LogP contribution is 2.38. The minimum absolute atomic E-state index is 0.0443. The van der Waals surface area contributed by atoms with Gasteiger partial charge in [0, 0.05) is 71.8 Å². The SMILES string of the molecule is Cc1ncsc1-c1ccc([C@H](C)NC(=O)[C@@H]2C[C@@H](O)CN2C(=O)[C@@H](c2cc(-c3cnc(N4CC[C@@H](c5cc6cc(-c7ccccc7O)nnc6s5)C4)nc3)no2)C(C)C)cc1. The van der Waals surface area contributed by atoms with Crippen LogP contribution in [0.15, 0.2) is 89.2 Å². The maximum absolute atomic E-state index is 14.3. The average Bonchev–Trinajstić information content (AvgIpc) is 4.12. The number of aliphatic hydroxyl groups excluding tert-OH is 1. The minimum atomic E-state index is -0.839. The van der Waals surface area contributed by atoms with E-state index in [1.54, 1.807) is 53.3 Å². The minimum Gasteiger partial charge on any atom is -0.507 e. The Kier molecular flexibility index (Phi) is 11.1. The fourth-order valence-corrected chi connectivity index (χ4v) is 10.3. The molecular weight excluding hydrogens is 811 g/mol. The molecular formula is C45H45N9O5S2. The second-order valence-electron chi connectivity index (χ2n) is 16.2. The second kappa shape index (κ2) is 16.7. The van der Waals surface area contributed by atoms with Crippen LogP contribution in [-0.2, 0) is 9.59 Å². The van der Waals surface area contributed by atoms with Crippen molar-refractivity contribution >= 4 is 50.7 Å². The van der Waals surface area contributed by atoms with Crippen LogP contribution in [0.2, 0.25) is 0 Å². The molecule has 2 aliphatic rings. The standard InChI is InChI=1S/C45H45N9O5S2/c1-24(2)40(44(58)54-22-32(55)17-36(54)42(57)49-25(3)27-9-11-28(12-10-27)41-26(4)48-23-60-41)38-18-34(52-59-38)31-19-46-45(47-20-31)53-14-13-29(21-53)39-16-30-15-35(50-51-43(30)61-39)33-7-5-6-8-37(33)56/h5-12,15-16,18-20,23-25,29,32,36,40,55-56H,13-14,17,21-22H2,1-4H3,(H,49,57)/t25-,29+,32+,36-,40+/m0/s1. The van der Waals surface area contributed by atoms with Gasteiger partial charge in [-0.2, -0.15) is 0 Å². The van der Waals surface area contributed by atoms with E-state index in [0.29, 0.717) is 34.2 Å². The number of aromatic nitrogens is 6. The Bertz CT molecular complexity index is 2700. The molecule has 0 bridgehead atoms. The number of para-hydroxylation sites is 1. The van der Waals surface area contributed by atoms with Gasteiger partial charge in [-0.3, -0.25) is 9.59 Å². The number of hydrogen-bond acceptors (Lipinski definition) is 14. The van der Waals surface area contributed by atoms with E-state index < -0.39 is 18.1 Å². The number of amides is 2. The Labute approximate surface area is 360 Å². The summed E-state index contributed by atoms with van der Waals surface area (Å²) in [6.45, 7) is 9.33. The van der Waals surface area contributed by atoms with Crippen molar-refractivity contribution in [1.29, 1.82) is 0 Å². The van der Waals surface area contributed by atoms with Crippen LogP contribution in [-0.4, -0.2) is 89.0 Å². The zero-order chi connectivity index (χ0) is 42.4. The first-order valence-electron chi connectivity index (χ1n) is 20.4. The molecule has 61 heavy (non-hydrogen) atoms. The van der Waals surface area contributed by atoms with Gasteiger partial charge in [0.15, 0.2) is 0 Å². The monoisotopic (exact) mass is 855 g/mol. The average molecular weight is 856 g/mol. The van der Waals surface area contributed by atoms with Gasteiger partial charge in [-0.15, -0.1) is 32.9 Å². The van der Waals surface area contributed by atoms with Crippen molar-refractivity contribution in [2.75, 3.05) is 24.5 Å². The summed E-state index contributed by atoms with van der Waals surface area (Å²) >= 11 is 3.22. The topological polar surface area (TPSA) is 184 Å². The quantitative estimate of drug-likeness (QED) is 0.117. The number of nitrogens with one attached hydrogen (secondary N) is 1. The summed E-state index contributed by atoms with van der Waals surface area (Å²) in [5.74, 6) is -0.117. The third-order valence-corrected chi connectivity index (χ3v) is 13.9. The van der Waals surface area contributed by atoms with Crippen LogP contribution in [0.4, 0.5) is 5.95 Å². The van der Waals surface area contributed by atoms with Crippen molar-refractivity contribution < 1.29 is 24.3 Å². The Morgan fingerprint density at radius 2 is 1.72 bits per heavy atom. The van der Waals surface area contributed by atoms with Gasteiger partial charge in [-0.1, -0.05) is 55.4 Å². The van der Waals surface area contributed by atoms with Crippen LogP contribution >= 0.6 is 22.7 Å². The number of rotatable bonds is 11. The highest BCUT2D eigenvalue weighted by atomic mass is 32.1. The molecule has 16 heteroatoms. The molecule has 0 saturated carbocycles. The molecule has 2 saturated heterocycles. The van der Waals surface area contributed by atoms with Gasteiger partial charge >= 0.3 is 0 Å². The lowest BCUT2D eigenvalue weighted by atomic mass is 9.91. The molecule has 5 aromatic heterocycles. The van der Waals surface area contributed by atoms with Crippen molar-refractivity contribution in [2.24, 2.45) is 5.92 Å². The molecule has 7 aromatic rings. The van der Waals surface area contributed by atoms with Crippen molar-refractivity contribution in [1.82, 2.24) is 40.5 Å². The predicted octanol–water partition coefficient (Wildman–Crippen LogP) is 7.51. The number of hydrogen-bond donors (Lipinski definition) is 3. The third kappa shape index (κ3) is 8.10. The second-order valence-corrected chi connectivity index (χ2v) is 18.1. The molecule has 14 nitrogen and oxygen atoms in total. The number of phenolic OH excluding ortho intramolecular Hbond substituents is 1. The number of aryl methyl sites for hydroxylation is 1.